The number of ether oxygens (including phenoxy) is 1. The predicted octanol–water partition coefficient (Wildman–Crippen LogP) is 2.85. The van der Waals surface area contributed by atoms with Crippen LogP contribution in [0.3, 0.4) is 0 Å². The molecule has 16 heavy (non-hydrogen) atoms. The predicted molar refractivity (Wildman–Crippen MR) is 68.8 cm³/mol. The van der Waals surface area contributed by atoms with Gasteiger partial charge in [0, 0.05) is 19.3 Å². The monoisotopic (exact) mass is 284 g/mol. The Bertz CT molecular complexity index is 381. The highest BCUT2D eigenvalue weighted by Crippen LogP contribution is 2.29. The minimum Gasteiger partial charge on any atom is -0.369 e. The van der Waals surface area contributed by atoms with Crippen LogP contribution in [0.5, 0.6) is 0 Å². The van der Waals surface area contributed by atoms with Gasteiger partial charge < -0.3 is 9.64 Å². The number of pyridine rings is 1. The molecule has 1 aromatic rings. The highest BCUT2D eigenvalue weighted by molar-refractivity contribution is 9.10. The number of hydrogen-bond acceptors (Lipinski definition) is 3. The van der Waals surface area contributed by atoms with Crippen molar-refractivity contribution in [3.05, 3.63) is 22.8 Å². The SMILES string of the molecule is CC1CN(c2ncccc2Br)CC(C)(C)O1. The van der Waals surface area contributed by atoms with Crippen LogP contribution in [-0.4, -0.2) is 29.8 Å². The van der Waals surface area contributed by atoms with Crippen LogP contribution in [0.1, 0.15) is 20.8 Å². The van der Waals surface area contributed by atoms with E-state index in [0.717, 1.165) is 23.4 Å². The van der Waals surface area contributed by atoms with Gasteiger partial charge in [0.2, 0.25) is 0 Å². The second-order valence-corrected chi connectivity index (χ2v) is 5.73. The molecule has 0 spiro atoms. The van der Waals surface area contributed by atoms with Gasteiger partial charge in [0.05, 0.1) is 16.2 Å². The molecule has 4 heteroatoms. The average Bonchev–Trinajstić information content (AvgIpc) is 2.15. The molecule has 1 aliphatic heterocycles. The quantitative estimate of drug-likeness (QED) is 0.793. The first-order chi connectivity index (χ1) is 7.48. The first kappa shape index (κ1) is 11.9. The summed E-state index contributed by atoms with van der Waals surface area (Å²) in [5, 5.41) is 0. The Balaban J connectivity index is 2.25. The van der Waals surface area contributed by atoms with E-state index in [0.29, 0.717) is 0 Å². The number of anilines is 1. The van der Waals surface area contributed by atoms with Crippen LogP contribution in [0.2, 0.25) is 0 Å². The number of aromatic nitrogens is 1. The molecule has 1 atom stereocenters. The lowest BCUT2D eigenvalue weighted by Crippen LogP contribution is -2.52. The summed E-state index contributed by atoms with van der Waals surface area (Å²) in [4.78, 5) is 6.70. The molecule has 1 aliphatic rings. The van der Waals surface area contributed by atoms with Gasteiger partial charge in [-0.3, -0.25) is 0 Å². The number of nitrogens with zero attached hydrogens (tertiary/aromatic N) is 2. The third-order valence-electron chi connectivity index (χ3n) is 2.61. The first-order valence-electron chi connectivity index (χ1n) is 5.51. The van der Waals surface area contributed by atoms with E-state index in [1.165, 1.54) is 0 Å². The number of rotatable bonds is 1. The average molecular weight is 285 g/mol. The van der Waals surface area contributed by atoms with Gasteiger partial charge in [-0.25, -0.2) is 4.98 Å². The molecule has 3 nitrogen and oxygen atoms in total. The van der Waals surface area contributed by atoms with Crippen molar-refractivity contribution in [1.29, 1.82) is 0 Å². The lowest BCUT2D eigenvalue weighted by molar-refractivity contribution is -0.0752. The molecule has 0 radical (unpaired) electrons. The fourth-order valence-corrected chi connectivity index (χ4v) is 2.73. The molecule has 0 N–H and O–H groups in total. The van der Waals surface area contributed by atoms with E-state index in [-0.39, 0.29) is 11.7 Å². The van der Waals surface area contributed by atoms with Crippen molar-refractivity contribution in [2.75, 3.05) is 18.0 Å². The highest BCUT2D eigenvalue weighted by Gasteiger charge is 2.32. The zero-order valence-corrected chi connectivity index (χ0v) is 11.5. The third-order valence-corrected chi connectivity index (χ3v) is 3.23. The van der Waals surface area contributed by atoms with E-state index in [1.54, 1.807) is 0 Å². The summed E-state index contributed by atoms with van der Waals surface area (Å²) in [5.74, 6) is 1.01. The molecule has 0 bridgehead atoms. The molecule has 0 amide bonds. The Labute approximate surface area is 105 Å². The first-order valence-corrected chi connectivity index (χ1v) is 6.30. The normalized spacial score (nSPS) is 24.5. The van der Waals surface area contributed by atoms with Crippen LogP contribution >= 0.6 is 15.9 Å². The Hall–Kier alpha value is -0.610. The minimum atomic E-state index is -0.116. The molecule has 1 fully saturated rings. The van der Waals surface area contributed by atoms with E-state index in [1.807, 2.05) is 18.3 Å². The fourth-order valence-electron chi connectivity index (χ4n) is 2.23. The van der Waals surface area contributed by atoms with Crippen LogP contribution in [0.15, 0.2) is 22.8 Å². The molecule has 0 aliphatic carbocycles. The molecule has 1 aromatic heterocycles. The Morgan fingerprint density at radius 2 is 2.31 bits per heavy atom. The largest absolute Gasteiger partial charge is 0.369 e. The lowest BCUT2D eigenvalue weighted by Gasteiger charge is -2.42. The van der Waals surface area contributed by atoms with E-state index in [2.05, 4.69) is 46.6 Å². The molecule has 2 heterocycles. The van der Waals surface area contributed by atoms with Gasteiger partial charge >= 0.3 is 0 Å². The van der Waals surface area contributed by atoms with Gasteiger partial charge in [0.15, 0.2) is 0 Å². The van der Waals surface area contributed by atoms with E-state index < -0.39 is 0 Å². The lowest BCUT2D eigenvalue weighted by atomic mass is 10.1. The second-order valence-electron chi connectivity index (χ2n) is 4.88. The summed E-state index contributed by atoms with van der Waals surface area (Å²) in [6, 6.07) is 3.96. The van der Waals surface area contributed by atoms with Crippen molar-refractivity contribution in [1.82, 2.24) is 4.98 Å². The molecule has 2 rings (SSSR count). The minimum absolute atomic E-state index is 0.116. The summed E-state index contributed by atoms with van der Waals surface area (Å²) in [6.07, 6.45) is 2.06. The molecule has 0 aromatic carbocycles. The summed E-state index contributed by atoms with van der Waals surface area (Å²) in [5.41, 5.74) is -0.116. The maximum absolute atomic E-state index is 5.88. The van der Waals surface area contributed by atoms with Gasteiger partial charge in [-0.2, -0.15) is 0 Å². The van der Waals surface area contributed by atoms with Gasteiger partial charge in [0.25, 0.3) is 0 Å². The van der Waals surface area contributed by atoms with Crippen molar-refractivity contribution in [2.45, 2.75) is 32.5 Å². The van der Waals surface area contributed by atoms with Crippen LogP contribution in [0, 0.1) is 0 Å². The maximum atomic E-state index is 5.88. The van der Waals surface area contributed by atoms with Gasteiger partial charge in [-0.1, -0.05) is 0 Å². The van der Waals surface area contributed by atoms with Crippen LogP contribution in [-0.2, 0) is 4.74 Å². The van der Waals surface area contributed by atoms with E-state index in [4.69, 9.17) is 4.74 Å². The van der Waals surface area contributed by atoms with Crippen LogP contribution in [0.25, 0.3) is 0 Å². The summed E-state index contributed by atoms with van der Waals surface area (Å²) in [6.45, 7) is 8.09. The summed E-state index contributed by atoms with van der Waals surface area (Å²) in [7, 11) is 0. The third kappa shape index (κ3) is 2.55. The number of morpholine rings is 1. The van der Waals surface area contributed by atoms with Crippen LogP contribution < -0.4 is 4.90 Å². The van der Waals surface area contributed by atoms with Crippen LogP contribution in [0.4, 0.5) is 5.82 Å². The zero-order chi connectivity index (χ0) is 11.8. The van der Waals surface area contributed by atoms with Crippen molar-refractivity contribution in [3.63, 3.8) is 0 Å². The maximum Gasteiger partial charge on any atom is 0.143 e. The van der Waals surface area contributed by atoms with Gasteiger partial charge in [-0.15, -0.1) is 0 Å². The number of hydrogen-bond donors (Lipinski definition) is 0. The molecule has 88 valence electrons. The van der Waals surface area contributed by atoms with Gasteiger partial charge in [0.1, 0.15) is 5.82 Å². The smallest absolute Gasteiger partial charge is 0.143 e. The molecule has 0 saturated carbocycles. The van der Waals surface area contributed by atoms with Crippen molar-refractivity contribution >= 4 is 21.7 Å². The summed E-state index contributed by atoms with van der Waals surface area (Å²) >= 11 is 3.54. The molecule has 1 saturated heterocycles. The van der Waals surface area contributed by atoms with Crippen molar-refractivity contribution in [3.8, 4) is 0 Å². The molecular weight excluding hydrogens is 268 g/mol. The fraction of sp³-hybridized carbons (Fsp3) is 0.583. The van der Waals surface area contributed by atoms with E-state index in [9.17, 15) is 0 Å². The number of halogens is 1. The van der Waals surface area contributed by atoms with Crippen molar-refractivity contribution < 1.29 is 4.74 Å². The standard InChI is InChI=1S/C12H17BrN2O/c1-9-7-15(8-12(2,3)16-9)11-10(13)5-4-6-14-11/h4-6,9H,7-8H2,1-3H3. The van der Waals surface area contributed by atoms with Gasteiger partial charge in [-0.05, 0) is 48.8 Å². The van der Waals surface area contributed by atoms with E-state index >= 15 is 0 Å². The molecule has 1 unspecified atom stereocenters. The zero-order valence-electron chi connectivity index (χ0n) is 9.90. The second kappa shape index (κ2) is 4.34. The highest BCUT2D eigenvalue weighted by atomic mass is 79.9. The molecular formula is C12H17BrN2O. The Morgan fingerprint density at radius 1 is 1.56 bits per heavy atom. The Kier molecular flexibility index (Phi) is 3.22. The van der Waals surface area contributed by atoms with Crippen molar-refractivity contribution in [2.24, 2.45) is 0 Å². The summed E-state index contributed by atoms with van der Waals surface area (Å²) < 4.78 is 6.92. The Morgan fingerprint density at radius 3 is 2.94 bits per heavy atom. The topological polar surface area (TPSA) is 25.4 Å².